The van der Waals surface area contributed by atoms with Gasteiger partial charge in [-0.1, -0.05) is 24.3 Å². The molecule has 0 aliphatic carbocycles. The maximum Gasteiger partial charge on any atom is 0.145 e. The van der Waals surface area contributed by atoms with Gasteiger partial charge in [0.2, 0.25) is 0 Å². The highest BCUT2D eigenvalue weighted by Gasteiger charge is 2.07. The van der Waals surface area contributed by atoms with Crippen LogP contribution in [0.15, 0.2) is 84.9 Å². The molecule has 0 aromatic heterocycles. The molecule has 6 heteroatoms. The molecule has 0 amide bonds. The average molecular weight is 457 g/mol. The first-order chi connectivity index (χ1) is 16.6. The highest BCUT2D eigenvalue weighted by molar-refractivity contribution is 5.65. The minimum Gasteiger partial charge on any atom is -0.492 e. The van der Waals surface area contributed by atoms with Gasteiger partial charge >= 0.3 is 0 Å². The van der Waals surface area contributed by atoms with Gasteiger partial charge in [-0.2, -0.15) is 0 Å². The minimum absolute atomic E-state index is 0.542. The Bertz CT molecular complexity index is 1140. The summed E-state index contributed by atoms with van der Waals surface area (Å²) >= 11 is 0. The van der Waals surface area contributed by atoms with Crippen molar-refractivity contribution in [2.24, 2.45) is 0 Å². The third-order valence-electron chi connectivity index (χ3n) is 5.08. The van der Waals surface area contributed by atoms with E-state index in [0.717, 1.165) is 22.6 Å². The van der Waals surface area contributed by atoms with Crippen molar-refractivity contribution in [2.75, 3.05) is 24.7 Å². The fraction of sp³-hybridized carbons (Fsp3) is 0.143. The maximum absolute atomic E-state index is 5.96. The lowest BCUT2D eigenvalue weighted by atomic mass is 10.1. The Morgan fingerprint density at radius 1 is 0.500 bits per heavy atom. The summed E-state index contributed by atoms with van der Waals surface area (Å²) in [5.74, 6) is 4.02. The van der Waals surface area contributed by atoms with Gasteiger partial charge in [0.1, 0.15) is 34.5 Å². The molecule has 4 aromatic carbocycles. The van der Waals surface area contributed by atoms with Gasteiger partial charge in [-0.3, -0.25) is 0 Å². The van der Waals surface area contributed by atoms with E-state index < -0.39 is 0 Å². The van der Waals surface area contributed by atoms with Crippen LogP contribution < -0.4 is 30.4 Å². The molecule has 0 saturated carbocycles. The van der Waals surface area contributed by atoms with Crippen molar-refractivity contribution in [3.63, 3.8) is 0 Å². The summed E-state index contributed by atoms with van der Waals surface area (Å²) in [6.45, 7) is 4.92. The van der Waals surface area contributed by atoms with Gasteiger partial charge in [0, 0.05) is 12.1 Å². The third-order valence-corrected chi connectivity index (χ3v) is 5.08. The summed E-state index contributed by atoms with van der Waals surface area (Å²) in [7, 11) is 0. The summed E-state index contributed by atoms with van der Waals surface area (Å²) in [6.07, 6.45) is 0. The molecular weight excluding hydrogens is 428 g/mol. The molecule has 0 saturated heterocycles. The van der Waals surface area contributed by atoms with Crippen LogP contribution in [-0.2, 0) is 0 Å². The first kappa shape index (κ1) is 22.9. The highest BCUT2D eigenvalue weighted by atomic mass is 16.5. The van der Waals surface area contributed by atoms with Gasteiger partial charge < -0.3 is 30.4 Å². The van der Waals surface area contributed by atoms with Crippen LogP contribution in [0.5, 0.6) is 34.5 Å². The number of anilines is 2. The van der Waals surface area contributed by atoms with E-state index in [4.69, 9.17) is 30.4 Å². The van der Waals surface area contributed by atoms with Crippen LogP contribution in [0.2, 0.25) is 0 Å². The second kappa shape index (κ2) is 10.5. The van der Waals surface area contributed by atoms with Gasteiger partial charge in [-0.25, -0.2) is 0 Å². The molecule has 0 aliphatic heterocycles. The zero-order valence-electron chi connectivity index (χ0n) is 19.3. The lowest BCUT2D eigenvalue weighted by molar-refractivity contribution is 0.340. The predicted octanol–water partition coefficient (Wildman–Crippen LogP) is 6.90. The highest BCUT2D eigenvalue weighted by Crippen LogP contribution is 2.33. The molecule has 0 bridgehead atoms. The summed E-state index contributed by atoms with van der Waals surface area (Å²) in [5.41, 5.74) is 15.2. The number of ether oxygens (including phenoxy) is 4. The first-order valence-corrected chi connectivity index (χ1v) is 11.2. The second-order valence-corrected chi connectivity index (χ2v) is 7.52. The molecule has 0 heterocycles. The van der Waals surface area contributed by atoms with Crippen molar-refractivity contribution in [3.05, 3.63) is 84.9 Å². The Kier molecular flexibility index (Phi) is 7.08. The standard InChI is InChI=1S/C28H28N2O4/c1-3-31-27-17-23(13-15-25(27)29)33-21-9-5-19(6-10-21)20-7-11-22(12-8-20)34-24-14-16-26(30)28(18-24)32-4-2/h5-18H,3-4,29-30H2,1-2H3. The van der Waals surface area contributed by atoms with E-state index in [9.17, 15) is 0 Å². The zero-order valence-corrected chi connectivity index (χ0v) is 19.3. The number of hydrogen-bond acceptors (Lipinski definition) is 6. The summed E-state index contributed by atoms with van der Waals surface area (Å²) in [4.78, 5) is 0. The topological polar surface area (TPSA) is 89.0 Å². The number of hydrogen-bond donors (Lipinski definition) is 2. The van der Waals surface area contributed by atoms with Crippen molar-refractivity contribution < 1.29 is 18.9 Å². The van der Waals surface area contributed by atoms with Crippen molar-refractivity contribution >= 4 is 11.4 Å². The fourth-order valence-corrected chi connectivity index (χ4v) is 3.42. The van der Waals surface area contributed by atoms with Gasteiger partial charge in [-0.05, 0) is 73.5 Å². The molecule has 0 fully saturated rings. The maximum atomic E-state index is 5.96. The van der Waals surface area contributed by atoms with Gasteiger partial charge in [0.25, 0.3) is 0 Å². The number of nitrogens with two attached hydrogens (primary N) is 2. The number of rotatable bonds is 9. The molecule has 0 unspecified atom stereocenters. The second-order valence-electron chi connectivity index (χ2n) is 7.52. The molecule has 6 nitrogen and oxygen atoms in total. The lowest BCUT2D eigenvalue weighted by Crippen LogP contribution is -1.97. The van der Waals surface area contributed by atoms with Crippen LogP contribution in [-0.4, -0.2) is 13.2 Å². The first-order valence-electron chi connectivity index (χ1n) is 11.2. The molecule has 174 valence electrons. The van der Waals surface area contributed by atoms with Gasteiger partial charge in [0.05, 0.1) is 24.6 Å². The van der Waals surface area contributed by atoms with Crippen molar-refractivity contribution in [2.45, 2.75) is 13.8 Å². The van der Waals surface area contributed by atoms with Crippen LogP contribution in [0, 0.1) is 0 Å². The molecule has 0 spiro atoms. The Hall–Kier alpha value is -4.32. The SMILES string of the molecule is CCOc1cc(Oc2ccc(-c3ccc(Oc4ccc(N)c(OCC)c4)cc3)cc2)ccc1N. The molecule has 4 rings (SSSR count). The van der Waals surface area contributed by atoms with E-state index in [1.54, 1.807) is 24.3 Å². The molecule has 0 aliphatic rings. The minimum atomic E-state index is 0.542. The molecule has 0 radical (unpaired) electrons. The Morgan fingerprint density at radius 2 is 0.853 bits per heavy atom. The van der Waals surface area contributed by atoms with E-state index in [1.807, 2.05) is 74.5 Å². The van der Waals surface area contributed by atoms with Crippen LogP contribution >= 0.6 is 0 Å². The normalized spacial score (nSPS) is 10.5. The average Bonchev–Trinajstić information content (AvgIpc) is 2.85. The van der Waals surface area contributed by atoms with Gasteiger partial charge in [0.15, 0.2) is 0 Å². The number of benzene rings is 4. The van der Waals surface area contributed by atoms with Crippen molar-refractivity contribution in [1.82, 2.24) is 0 Å². The van der Waals surface area contributed by atoms with Crippen LogP contribution in [0.25, 0.3) is 11.1 Å². The molecule has 4 N–H and O–H groups in total. The van der Waals surface area contributed by atoms with E-state index in [1.165, 1.54) is 0 Å². The van der Waals surface area contributed by atoms with Crippen LogP contribution in [0.3, 0.4) is 0 Å². The Morgan fingerprint density at radius 3 is 1.21 bits per heavy atom. The molecule has 34 heavy (non-hydrogen) atoms. The van der Waals surface area contributed by atoms with E-state index >= 15 is 0 Å². The predicted molar refractivity (Wildman–Crippen MR) is 136 cm³/mol. The Labute approximate surface area is 199 Å². The molecule has 0 atom stereocenters. The zero-order chi connectivity index (χ0) is 23.9. The van der Waals surface area contributed by atoms with Crippen molar-refractivity contribution in [3.8, 4) is 45.6 Å². The van der Waals surface area contributed by atoms with E-state index in [0.29, 0.717) is 47.6 Å². The lowest BCUT2D eigenvalue weighted by Gasteiger charge is -2.12. The monoisotopic (exact) mass is 456 g/mol. The van der Waals surface area contributed by atoms with Gasteiger partial charge in [-0.15, -0.1) is 0 Å². The van der Waals surface area contributed by atoms with Crippen LogP contribution in [0.4, 0.5) is 11.4 Å². The third kappa shape index (κ3) is 5.53. The molecular formula is C28H28N2O4. The number of nitrogen functional groups attached to an aromatic ring is 2. The van der Waals surface area contributed by atoms with Crippen molar-refractivity contribution in [1.29, 1.82) is 0 Å². The summed E-state index contributed by atoms with van der Waals surface area (Å²) in [5, 5.41) is 0. The summed E-state index contributed by atoms with van der Waals surface area (Å²) in [6, 6.07) is 26.6. The largest absolute Gasteiger partial charge is 0.492 e. The Balaban J connectivity index is 1.42. The summed E-state index contributed by atoms with van der Waals surface area (Å²) < 4.78 is 23.0. The van der Waals surface area contributed by atoms with E-state index in [2.05, 4.69) is 0 Å². The fourth-order valence-electron chi connectivity index (χ4n) is 3.42. The van der Waals surface area contributed by atoms with Crippen LogP contribution in [0.1, 0.15) is 13.8 Å². The molecule has 4 aromatic rings. The smallest absolute Gasteiger partial charge is 0.145 e. The quantitative estimate of drug-likeness (QED) is 0.266. The van der Waals surface area contributed by atoms with E-state index in [-0.39, 0.29) is 0 Å².